The van der Waals surface area contributed by atoms with Crippen molar-refractivity contribution < 1.29 is 32.7 Å². The molecule has 9 heteroatoms. The Hall–Kier alpha value is -2.29. The highest BCUT2D eigenvalue weighted by Gasteiger charge is 2.28. The van der Waals surface area contributed by atoms with Gasteiger partial charge in [-0.3, -0.25) is 0 Å². The molecule has 0 saturated carbocycles. The number of pyridine rings is 1. The molecule has 0 atom stereocenters. The van der Waals surface area contributed by atoms with E-state index in [0.717, 1.165) is 21.8 Å². The van der Waals surface area contributed by atoms with E-state index in [1.165, 1.54) is 0 Å². The molecule has 2 heterocycles. The maximum absolute atomic E-state index is 10.5. The largest absolute Gasteiger partial charge is 0.542 e. The van der Waals surface area contributed by atoms with Crippen LogP contribution >= 0.6 is 15.9 Å². The van der Waals surface area contributed by atoms with Crippen molar-refractivity contribution in [1.29, 1.82) is 0 Å². The van der Waals surface area contributed by atoms with Crippen LogP contribution in [0.2, 0.25) is 0 Å². The normalized spacial score (nSPS) is 11.3. The lowest BCUT2D eigenvalue weighted by atomic mass is 10.2. The number of nitrogens with one attached hydrogen (secondary N) is 1. The van der Waals surface area contributed by atoms with Crippen molar-refractivity contribution in [2.24, 2.45) is 7.05 Å². The van der Waals surface area contributed by atoms with Crippen molar-refractivity contribution in [3.63, 3.8) is 0 Å². The topological polar surface area (TPSA) is 80.0 Å². The average molecular weight is 391 g/mol. The van der Waals surface area contributed by atoms with E-state index >= 15 is 0 Å². The molecule has 5 nitrogen and oxygen atoms in total. The Morgan fingerprint density at radius 1 is 1.30 bits per heavy atom. The van der Waals surface area contributed by atoms with E-state index in [-0.39, 0.29) is 5.75 Å². The molecule has 0 aliphatic carbocycles. The number of halogens is 4. The first kappa shape index (κ1) is 17.1. The molecular weight excluding hydrogens is 381 g/mol. The third kappa shape index (κ3) is 3.73. The van der Waals surface area contributed by atoms with Crippen LogP contribution in [0.15, 0.2) is 35.1 Å². The summed E-state index contributed by atoms with van der Waals surface area (Å²) in [6.07, 6.45) is -1.17. The van der Waals surface area contributed by atoms with Crippen molar-refractivity contribution >= 4 is 43.7 Å². The molecule has 3 rings (SSSR count). The van der Waals surface area contributed by atoms with Gasteiger partial charge in [-0.05, 0) is 28.1 Å². The van der Waals surface area contributed by atoms with E-state index in [1.54, 1.807) is 6.07 Å². The molecule has 0 unspecified atom stereocenters. The molecule has 0 amide bonds. The van der Waals surface area contributed by atoms with Crippen LogP contribution in [0.3, 0.4) is 0 Å². The first-order chi connectivity index (χ1) is 10.6. The fourth-order valence-corrected chi connectivity index (χ4v) is 2.31. The van der Waals surface area contributed by atoms with Gasteiger partial charge in [-0.2, -0.15) is 13.2 Å². The van der Waals surface area contributed by atoms with Crippen LogP contribution in [-0.4, -0.2) is 22.2 Å². The van der Waals surface area contributed by atoms with Crippen molar-refractivity contribution in [1.82, 2.24) is 4.98 Å². The molecule has 0 radical (unpaired) electrons. The number of H-pyrrole nitrogens is 1. The summed E-state index contributed by atoms with van der Waals surface area (Å²) in [4.78, 5) is 12.1. The van der Waals surface area contributed by atoms with Crippen LogP contribution in [0.5, 0.6) is 5.75 Å². The zero-order valence-corrected chi connectivity index (χ0v) is 13.2. The van der Waals surface area contributed by atoms with Crippen LogP contribution in [0.1, 0.15) is 0 Å². The number of aromatic hydroxyl groups is 1. The zero-order valence-electron chi connectivity index (χ0n) is 11.6. The minimum atomic E-state index is -5.19. The van der Waals surface area contributed by atoms with Gasteiger partial charge in [0.1, 0.15) is 24.3 Å². The maximum Gasteiger partial charge on any atom is 0.430 e. The Bertz CT molecular complexity index is 890. The van der Waals surface area contributed by atoms with Gasteiger partial charge in [-0.1, -0.05) is 0 Å². The van der Waals surface area contributed by atoms with Gasteiger partial charge in [0.15, 0.2) is 12.4 Å². The summed E-state index contributed by atoms with van der Waals surface area (Å²) in [6, 6.07) is 5.71. The van der Waals surface area contributed by atoms with Gasteiger partial charge in [-0.25, -0.2) is 4.57 Å². The highest BCUT2D eigenvalue weighted by Crippen LogP contribution is 2.32. The van der Waals surface area contributed by atoms with E-state index in [9.17, 15) is 18.3 Å². The number of carboxylic acid groups (broad SMARTS) is 1. The smallest absolute Gasteiger partial charge is 0.430 e. The number of hydrogen-bond donors (Lipinski definition) is 2. The monoisotopic (exact) mass is 390 g/mol. The molecule has 2 aromatic heterocycles. The Kier molecular flexibility index (Phi) is 4.51. The molecule has 3 aromatic rings. The number of aromatic amines is 1. The number of rotatable bonds is 0. The Balaban J connectivity index is 0.000000236. The van der Waals surface area contributed by atoms with E-state index in [0.29, 0.717) is 4.47 Å². The fraction of sp³-hybridized carbons (Fsp3) is 0.143. The van der Waals surface area contributed by atoms with Gasteiger partial charge >= 0.3 is 6.18 Å². The number of phenolic OH excluding ortho intramolecular Hbond substituents is 1. The lowest BCUT2D eigenvalue weighted by Gasteiger charge is -2.03. The lowest BCUT2D eigenvalue weighted by molar-refractivity contribution is -0.670. The molecule has 0 bridgehead atoms. The number of aromatic nitrogens is 2. The van der Waals surface area contributed by atoms with Crippen LogP contribution in [0.4, 0.5) is 13.2 Å². The summed E-state index contributed by atoms with van der Waals surface area (Å²) in [5, 5.41) is 20.6. The number of phenols is 1. The zero-order chi connectivity index (χ0) is 17.4. The predicted octanol–water partition coefficient (Wildman–Crippen LogP) is 1.91. The van der Waals surface area contributed by atoms with Gasteiger partial charge in [0, 0.05) is 22.4 Å². The summed E-state index contributed by atoms with van der Waals surface area (Å²) in [5.74, 6) is -2.74. The van der Waals surface area contributed by atoms with Crippen LogP contribution < -0.4 is 9.67 Å². The second kappa shape index (κ2) is 6.07. The molecule has 0 aliphatic rings. The quantitative estimate of drug-likeness (QED) is 0.575. The van der Waals surface area contributed by atoms with Crippen LogP contribution in [0, 0.1) is 0 Å². The van der Waals surface area contributed by atoms with Gasteiger partial charge < -0.3 is 20.0 Å². The number of fused-ring (bicyclic) bond motifs is 3. The molecule has 0 fully saturated rings. The Morgan fingerprint density at radius 2 is 1.91 bits per heavy atom. The number of aryl methyl sites for hydroxylation is 1. The molecule has 2 N–H and O–H groups in total. The summed E-state index contributed by atoms with van der Waals surface area (Å²) in [5.41, 5.74) is 2.09. The second-order valence-electron chi connectivity index (χ2n) is 4.70. The summed E-state index contributed by atoms with van der Waals surface area (Å²) in [7, 11) is 1.98. The van der Waals surface area contributed by atoms with E-state index in [1.807, 2.05) is 36.1 Å². The molecule has 0 aliphatic heterocycles. The van der Waals surface area contributed by atoms with Crippen molar-refractivity contribution in [3.8, 4) is 5.75 Å². The Labute approximate surface area is 136 Å². The first-order valence-electron chi connectivity index (χ1n) is 6.17. The molecule has 23 heavy (non-hydrogen) atoms. The lowest BCUT2D eigenvalue weighted by Crippen LogP contribution is -2.37. The van der Waals surface area contributed by atoms with Crippen molar-refractivity contribution in [2.45, 2.75) is 6.18 Å². The number of carbonyl (C=O) groups is 1. The number of hydrogen-bond acceptors (Lipinski definition) is 3. The summed E-state index contributed by atoms with van der Waals surface area (Å²) >= 11 is 3.31. The van der Waals surface area contributed by atoms with Gasteiger partial charge in [0.25, 0.3) is 0 Å². The summed E-state index contributed by atoms with van der Waals surface area (Å²) < 4.78 is 34.2. The first-order valence-corrected chi connectivity index (χ1v) is 6.96. The summed E-state index contributed by atoms with van der Waals surface area (Å²) in [6.45, 7) is 0. The molecular formula is C14H10BrF3N2O3. The third-order valence-corrected chi connectivity index (χ3v) is 3.61. The van der Waals surface area contributed by atoms with E-state index in [4.69, 9.17) is 9.90 Å². The maximum atomic E-state index is 10.5. The fourth-order valence-electron chi connectivity index (χ4n) is 1.97. The molecule has 122 valence electrons. The molecule has 0 saturated heterocycles. The highest BCUT2D eigenvalue weighted by atomic mass is 79.9. The van der Waals surface area contributed by atoms with Crippen molar-refractivity contribution in [3.05, 3.63) is 35.1 Å². The average Bonchev–Trinajstić information content (AvgIpc) is 2.75. The Morgan fingerprint density at radius 3 is 2.48 bits per heavy atom. The minimum Gasteiger partial charge on any atom is -0.542 e. The SMILES string of the molecule is C[n+]1ccc2c(c1)[nH]c1cc(Br)c(O)cc12.O=C([O-])C(F)(F)F. The van der Waals surface area contributed by atoms with Gasteiger partial charge in [-0.15, -0.1) is 0 Å². The van der Waals surface area contributed by atoms with Crippen LogP contribution in [0.25, 0.3) is 21.8 Å². The number of carbonyl (C=O) groups excluding carboxylic acids is 1. The van der Waals surface area contributed by atoms with Crippen molar-refractivity contribution in [2.75, 3.05) is 0 Å². The van der Waals surface area contributed by atoms with E-state index in [2.05, 4.69) is 20.9 Å². The predicted molar refractivity (Wildman–Crippen MR) is 77.4 cm³/mol. The van der Waals surface area contributed by atoms with E-state index < -0.39 is 12.1 Å². The minimum absolute atomic E-state index is 0.265. The van der Waals surface area contributed by atoms with Gasteiger partial charge in [0.2, 0.25) is 0 Å². The molecule has 0 spiro atoms. The standard InChI is InChI=1S/C12H9BrN2O.C2HF3O2/c1-15-3-2-7-8-4-12(16)9(13)5-10(8)14-11(7)6-15;3-2(4,5)1(6)7/h2-6,16H,1H3;(H,6,7). The number of nitrogens with zero attached hydrogens (tertiary/aromatic N) is 1. The van der Waals surface area contributed by atoms with Gasteiger partial charge in [0.05, 0.1) is 4.47 Å². The number of aliphatic carboxylic acids is 1. The number of alkyl halides is 3. The number of benzene rings is 1. The second-order valence-corrected chi connectivity index (χ2v) is 5.55. The third-order valence-electron chi connectivity index (χ3n) is 2.98. The highest BCUT2D eigenvalue weighted by molar-refractivity contribution is 9.10. The van der Waals surface area contributed by atoms with Crippen LogP contribution in [-0.2, 0) is 11.8 Å². The number of carboxylic acids is 1. The molecule has 1 aromatic carbocycles.